The van der Waals surface area contributed by atoms with Crippen molar-refractivity contribution in [1.29, 1.82) is 0 Å². The molecule has 5 heteroatoms. The van der Waals surface area contributed by atoms with Crippen molar-refractivity contribution < 1.29 is 13.2 Å². The van der Waals surface area contributed by atoms with Crippen LogP contribution in [0.3, 0.4) is 0 Å². The van der Waals surface area contributed by atoms with Crippen LogP contribution >= 0.6 is 0 Å². The molecule has 0 aliphatic carbocycles. The Bertz CT molecular complexity index is 520. The summed E-state index contributed by atoms with van der Waals surface area (Å²) in [5.74, 6) is 0. The molecular weight excluding hydrogens is 217 g/mol. The van der Waals surface area contributed by atoms with Gasteiger partial charge >= 0.3 is 6.18 Å². The Morgan fingerprint density at radius 1 is 1.06 bits per heavy atom. The number of rotatable bonds is 1. The van der Waals surface area contributed by atoms with E-state index in [0.29, 0.717) is 16.7 Å². The van der Waals surface area contributed by atoms with Crippen LogP contribution in [0.5, 0.6) is 0 Å². The number of nitrogens with zero attached hydrogens (tertiary/aromatic N) is 2. The number of halogens is 3. The molecule has 0 saturated carbocycles. The highest BCUT2D eigenvalue weighted by Crippen LogP contribution is 2.22. The van der Waals surface area contributed by atoms with Gasteiger partial charge in [-0.3, -0.25) is 0 Å². The molecule has 0 aliphatic rings. The number of aromatic nitrogens is 2. The molecule has 0 spiro atoms. The van der Waals surface area contributed by atoms with Crippen molar-refractivity contribution >= 4 is 11.0 Å². The number of aryl methyl sites for hydroxylation is 1. The highest BCUT2D eigenvalue weighted by atomic mass is 19.4. The summed E-state index contributed by atoms with van der Waals surface area (Å²) < 4.78 is 36.8. The predicted molar refractivity (Wildman–Crippen MR) is 54.0 cm³/mol. The van der Waals surface area contributed by atoms with Crippen molar-refractivity contribution in [2.45, 2.75) is 19.5 Å². The Labute approximate surface area is 90.1 Å². The molecule has 16 heavy (non-hydrogen) atoms. The SMILES string of the molecule is Cc1nc2ccccc2nc1CC(F)(F)F. The van der Waals surface area contributed by atoms with Gasteiger partial charge in [-0.05, 0) is 19.1 Å². The average Bonchev–Trinajstić information content (AvgIpc) is 2.17. The van der Waals surface area contributed by atoms with Crippen LogP contribution in [0.2, 0.25) is 0 Å². The van der Waals surface area contributed by atoms with Gasteiger partial charge in [-0.15, -0.1) is 0 Å². The number of fused-ring (bicyclic) bond motifs is 1. The van der Waals surface area contributed by atoms with E-state index in [1.165, 1.54) is 0 Å². The minimum Gasteiger partial charge on any atom is -0.250 e. The topological polar surface area (TPSA) is 25.8 Å². The second-order valence-corrected chi connectivity index (χ2v) is 3.54. The monoisotopic (exact) mass is 226 g/mol. The van der Waals surface area contributed by atoms with Crippen LogP contribution in [0, 0.1) is 6.92 Å². The smallest absolute Gasteiger partial charge is 0.250 e. The fraction of sp³-hybridized carbons (Fsp3) is 0.273. The van der Waals surface area contributed by atoms with Gasteiger partial charge in [0, 0.05) is 0 Å². The normalized spacial score (nSPS) is 12.0. The van der Waals surface area contributed by atoms with Crippen LogP contribution in [0.25, 0.3) is 11.0 Å². The number of hydrogen-bond donors (Lipinski definition) is 0. The minimum atomic E-state index is -4.25. The molecule has 0 amide bonds. The molecule has 1 aromatic carbocycles. The fourth-order valence-electron chi connectivity index (χ4n) is 1.48. The van der Waals surface area contributed by atoms with E-state index < -0.39 is 12.6 Å². The Kier molecular flexibility index (Phi) is 2.53. The van der Waals surface area contributed by atoms with Crippen LogP contribution in [-0.4, -0.2) is 16.1 Å². The molecule has 2 aromatic rings. The van der Waals surface area contributed by atoms with Gasteiger partial charge in [0.2, 0.25) is 0 Å². The maximum atomic E-state index is 12.3. The van der Waals surface area contributed by atoms with Crippen molar-refractivity contribution in [3.05, 3.63) is 35.7 Å². The molecule has 0 saturated heterocycles. The Morgan fingerprint density at radius 2 is 1.62 bits per heavy atom. The van der Waals surface area contributed by atoms with Crippen LogP contribution in [0.4, 0.5) is 13.2 Å². The maximum absolute atomic E-state index is 12.3. The molecule has 2 rings (SSSR count). The van der Waals surface area contributed by atoms with Crippen LogP contribution in [-0.2, 0) is 6.42 Å². The van der Waals surface area contributed by atoms with Crippen molar-refractivity contribution in [2.75, 3.05) is 0 Å². The summed E-state index contributed by atoms with van der Waals surface area (Å²) in [5, 5.41) is 0. The number of para-hydroxylation sites is 2. The molecule has 0 aliphatic heterocycles. The third-order valence-corrected chi connectivity index (χ3v) is 2.21. The van der Waals surface area contributed by atoms with Crippen molar-refractivity contribution in [2.24, 2.45) is 0 Å². The second-order valence-electron chi connectivity index (χ2n) is 3.54. The number of alkyl halides is 3. The van der Waals surface area contributed by atoms with E-state index in [-0.39, 0.29) is 5.69 Å². The van der Waals surface area contributed by atoms with Crippen molar-refractivity contribution in [1.82, 2.24) is 9.97 Å². The van der Waals surface area contributed by atoms with Crippen molar-refractivity contribution in [3.63, 3.8) is 0 Å². The molecule has 0 unspecified atom stereocenters. The largest absolute Gasteiger partial charge is 0.394 e. The summed E-state index contributed by atoms with van der Waals surface area (Å²) in [6, 6.07) is 6.89. The summed E-state index contributed by atoms with van der Waals surface area (Å²) in [4.78, 5) is 8.07. The lowest BCUT2D eigenvalue weighted by Gasteiger charge is -2.08. The first kappa shape index (κ1) is 10.9. The highest BCUT2D eigenvalue weighted by molar-refractivity contribution is 5.74. The number of benzene rings is 1. The zero-order valence-electron chi connectivity index (χ0n) is 8.54. The molecule has 84 valence electrons. The zero-order valence-corrected chi connectivity index (χ0v) is 8.54. The fourth-order valence-corrected chi connectivity index (χ4v) is 1.48. The third kappa shape index (κ3) is 2.29. The second kappa shape index (κ2) is 3.73. The van der Waals surface area contributed by atoms with E-state index in [4.69, 9.17) is 0 Å². The van der Waals surface area contributed by atoms with E-state index in [0.717, 1.165) is 0 Å². The lowest BCUT2D eigenvalue weighted by atomic mass is 10.2. The molecule has 0 bridgehead atoms. The van der Waals surface area contributed by atoms with Gasteiger partial charge in [0.15, 0.2) is 0 Å². The summed E-state index contributed by atoms with van der Waals surface area (Å²) in [6.07, 6.45) is -5.28. The molecule has 0 N–H and O–H groups in total. The molecule has 0 fully saturated rings. The van der Waals surface area contributed by atoms with Crippen LogP contribution in [0.15, 0.2) is 24.3 Å². The summed E-state index contributed by atoms with van der Waals surface area (Å²) in [6.45, 7) is 1.54. The molecular formula is C11H9F3N2. The molecule has 2 nitrogen and oxygen atoms in total. The van der Waals surface area contributed by atoms with Gasteiger partial charge in [0.25, 0.3) is 0 Å². The van der Waals surface area contributed by atoms with Crippen molar-refractivity contribution in [3.8, 4) is 0 Å². The zero-order chi connectivity index (χ0) is 11.8. The summed E-state index contributed by atoms with van der Waals surface area (Å²) in [7, 11) is 0. The maximum Gasteiger partial charge on any atom is 0.394 e. The Hall–Kier alpha value is -1.65. The minimum absolute atomic E-state index is 0.00815. The quantitative estimate of drug-likeness (QED) is 0.746. The Morgan fingerprint density at radius 3 is 2.19 bits per heavy atom. The molecule has 0 radical (unpaired) electrons. The average molecular weight is 226 g/mol. The summed E-state index contributed by atoms with van der Waals surface area (Å²) >= 11 is 0. The standard InChI is InChI=1S/C11H9F3N2/c1-7-10(6-11(12,13)14)16-9-5-3-2-4-8(9)15-7/h2-5H,6H2,1H3. The first-order chi connectivity index (χ1) is 7.46. The van der Waals surface area contributed by atoms with E-state index >= 15 is 0 Å². The molecule has 0 atom stereocenters. The van der Waals surface area contributed by atoms with Gasteiger partial charge < -0.3 is 0 Å². The lowest BCUT2D eigenvalue weighted by Crippen LogP contribution is -2.14. The summed E-state index contributed by atoms with van der Waals surface area (Å²) in [5.41, 5.74) is 1.43. The number of hydrogen-bond acceptors (Lipinski definition) is 2. The Balaban J connectivity index is 2.50. The molecule has 1 aromatic heterocycles. The van der Waals surface area contributed by atoms with Crippen LogP contribution < -0.4 is 0 Å². The highest BCUT2D eigenvalue weighted by Gasteiger charge is 2.29. The van der Waals surface area contributed by atoms with E-state index in [2.05, 4.69) is 9.97 Å². The van der Waals surface area contributed by atoms with Gasteiger partial charge in [-0.1, -0.05) is 12.1 Å². The third-order valence-electron chi connectivity index (χ3n) is 2.21. The van der Waals surface area contributed by atoms with Crippen LogP contribution in [0.1, 0.15) is 11.4 Å². The van der Waals surface area contributed by atoms with Gasteiger partial charge in [0.05, 0.1) is 28.8 Å². The lowest BCUT2D eigenvalue weighted by molar-refractivity contribution is -0.127. The molecule has 1 heterocycles. The van der Waals surface area contributed by atoms with E-state index in [9.17, 15) is 13.2 Å². The van der Waals surface area contributed by atoms with E-state index in [1.54, 1.807) is 31.2 Å². The first-order valence-electron chi connectivity index (χ1n) is 4.75. The van der Waals surface area contributed by atoms with Gasteiger partial charge in [-0.25, -0.2) is 9.97 Å². The first-order valence-corrected chi connectivity index (χ1v) is 4.75. The van der Waals surface area contributed by atoms with Gasteiger partial charge in [0.1, 0.15) is 0 Å². The van der Waals surface area contributed by atoms with Gasteiger partial charge in [-0.2, -0.15) is 13.2 Å². The predicted octanol–water partition coefficient (Wildman–Crippen LogP) is 3.04. The van der Waals surface area contributed by atoms with E-state index in [1.807, 2.05) is 0 Å².